The highest BCUT2D eigenvalue weighted by Gasteiger charge is 2.55. The van der Waals surface area contributed by atoms with E-state index in [2.05, 4.69) is 9.97 Å². The predicted molar refractivity (Wildman–Crippen MR) is 111 cm³/mol. The van der Waals surface area contributed by atoms with Gasteiger partial charge in [0.1, 0.15) is 5.52 Å². The molecular weight excluding hydrogens is 426 g/mol. The molecule has 2 aromatic heterocycles. The molecule has 0 unspecified atom stereocenters. The van der Waals surface area contributed by atoms with Crippen molar-refractivity contribution in [2.75, 3.05) is 6.26 Å². The summed E-state index contributed by atoms with van der Waals surface area (Å²) in [7, 11) is -3.56. The van der Waals surface area contributed by atoms with Gasteiger partial charge in [0.05, 0.1) is 0 Å². The van der Waals surface area contributed by atoms with Gasteiger partial charge < -0.3 is 10.2 Å². The second kappa shape index (κ2) is 6.52. The highest BCUT2D eigenvalue weighted by Crippen LogP contribution is 2.67. The van der Waals surface area contributed by atoms with E-state index < -0.39 is 15.7 Å². The van der Waals surface area contributed by atoms with E-state index in [-0.39, 0.29) is 27.8 Å². The van der Waals surface area contributed by atoms with Crippen LogP contribution >= 0.6 is 11.6 Å². The van der Waals surface area contributed by atoms with Crippen molar-refractivity contribution in [2.24, 2.45) is 11.1 Å². The van der Waals surface area contributed by atoms with Crippen LogP contribution in [-0.2, 0) is 9.84 Å². The lowest BCUT2D eigenvalue weighted by Gasteiger charge is -2.57. The number of carbonyl (C=O) groups is 1. The summed E-state index contributed by atoms with van der Waals surface area (Å²) in [6.45, 7) is 0. The van der Waals surface area contributed by atoms with Gasteiger partial charge in [0, 0.05) is 34.5 Å². The molecule has 2 heterocycles. The molecule has 2 N–H and O–H groups in total. The first kappa shape index (κ1) is 19.5. The van der Waals surface area contributed by atoms with Crippen LogP contribution < -0.4 is 5.73 Å². The van der Waals surface area contributed by atoms with Gasteiger partial charge in [0.25, 0.3) is 0 Å². The summed E-state index contributed by atoms with van der Waals surface area (Å²) in [4.78, 5) is 20.5. The molecule has 1 aromatic carbocycles. The van der Waals surface area contributed by atoms with Gasteiger partial charge in [-0.05, 0) is 61.3 Å². The molecule has 5 rings (SSSR count). The third kappa shape index (κ3) is 3.09. The average Bonchev–Trinajstić information content (AvgIpc) is 3.00. The number of sulfone groups is 1. The van der Waals surface area contributed by atoms with Gasteiger partial charge in [0.15, 0.2) is 26.3 Å². The Morgan fingerprint density at radius 1 is 1.20 bits per heavy atom. The minimum atomic E-state index is -3.56. The number of benzene rings is 1. The molecule has 2 fully saturated rings. The molecule has 0 aliphatic heterocycles. The molecule has 2 aliphatic carbocycles. The second-order valence-corrected chi connectivity index (χ2v) is 11.0. The fourth-order valence-electron chi connectivity index (χ4n) is 5.14. The number of pyridine rings is 1. The molecular formula is C21H20ClN3O4S. The maximum Gasteiger partial charge on any atom is 0.249 e. The number of fused-ring (bicyclic) bond motifs is 1. The summed E-state index contributed by atoms with van der Waals surface area (Å²) in [6, 6.07) is 6.90. The molecule has 7 nitrogen and oxygen atoms in total. The number of aromatic nitrogens is 2. The lowest BCUT2D eigenvalue weighted by Crippen LogP contribution is -2.46. The van der Waals surface area contributed by atoms with Crippen molar-refractivity contribution in [2.45, 2.75) is 42.5 Å². The van der Waals surface area contributed by atoms with Crippen LogP contribution in [0.3, 0.4) is 0 Å². The first-order chi connectivity index (χ1) is 14.2. The molecule has 156 valence electrons. The van der Waals surface area contributed by atoms with Crippen molar-refractivity contribution in [1.82, 2.24) is 9.97 Å². The first-order valence-corrected chi connectivity index (χ1v) is 12.0. The fourth-order valence-corrected chi connectivity index (χ4v) is 6.23. The Hall–Kier alpha value is -2.45. The van der Waals surface area contributed by atoms with Crippen LogP contribution in [0.15, 0.2) is 39.9 Å². The Morgan fingerprint density at radius 3 is 2.57 bits per heavy atom. The largest absolute Gasteiger partial charge is 0.440 e. The summed E-state index contributed by atoms with van der Waals surface area (Å²) in [6.07, 6.45) is 5.87. The standard InChI is InChI=1S/C21H20ClN3O4S/c1-30(27,28)20-17(14(18(23)26)4-5-24-20)11-7-21(8-11)9-12(10-21)19-25-15-6-13(22)2-3-16(15)29-19/h2-6,11-12H,7-10H2,1H3,(H2,23,26). The van der Waals surface area contributed by atoms with E-state index in [1.807, 2.05) is 6.07 Å². The molecule has 3 aromatic rings. The third-order valence-corrected chi connectivity index (χ3v) is 7.67. The third-order valence-electron chi connectivity index (χ3n) is 6.41. The Kier molecular flexibility index (Phi) is 4.24. The Balaban J connectivity index is 1.36. The van der Waals surface area contributed by atoms with E-state index in [0.717, 1.165) is 48.9 Å². The minimum Gasteiger partial charge on any atom is -0.440 e. The topological polar surface area (TPSA) is 116 Å². The molecule has 0 bridgehead atoms. The highest BCUT2D eigenvalue weighted by molar-refractivity contribution is 7.90. The maximum absolute atomic E-state index is 12.2. The highest BCUT2D eigenvalue weighted by atomic mass is 35.5. The Bertz CT molecular complexity index is 1290. The number of nitrogens with zero attached hydrogens (tertiary/aromatic N) is 2. The van der Waals surface area contributed by atoms with E-state index >= 15 is 0 Å². The van der Waals surface area contributed by atoms with Crippen molar-refractivity contribution in [3.63, 3.8) is 0 Å². The summed E-state index contributed by atoms with van der Waals surface area (Å²) >= 11 is 6.02. The molecule has 30 heavy (non-hydrogen) atoms. The summed E-state index contributed by atoms with van der Waals surface area (Å²) in [5.74, 6) is 0.276. The van der Waals surface area contributed by atoms with Crippen LogP contribution in [0.2, 0.25) is 5.02 Å². The SMILES string of the molecule is CS(=O)(=O)c1nccc(C(N)=O)c1C1CC2(CC(c3nc4cc(Cl)ccc4o3)C2)C1. The number of rotatable bonds is 4. The lowest BCUT2D eigenvalue weighted by molar-refractivity contribution is -0.0196. The predicted octanol–water partition coefficient (Wildman–Crippen LogP) is 3.82. The van der Waals surface area contributed by atoms with Crippen molar-refractivity contribution in [3.05, 3.63) is 52.5 Å². The lowest BCUT2D eigenvalue weighted by atomic mass is 9.47. The fraction of sp³-hybridized carbons (Fsp3) is 0.381. The van der Waals surface area contributed by atoms with E-state index in [9.17, 15) is 13.2 Å². The zero-order valence-electron chi connectivity index (χ0n) is 16.3. The molecule has 1 spiro atoms. The Labute approximate surface area is 178 Å². The van der Waals surface area contributed by atoms with Gasteiger partial charge in [-0.3, -0.25) is 4.79 Å². The number of hydrogen-bond donors (Lipinski definition) is 1. The number of hydrogen-bond acceptors (Lipinski definition) is 6. The maximum atomic E-state index is 12.2. The van der Waals surface area contributed by atoms with Crippen molar-refractivity contribution in [1.29, 1.82) is 0 Å². The summed E-state index contributed by atoms with van der Waals surface area (Å²) < 4.78 is 30.3. The molecule has 2 aliphatic rings. The van der Waals surface area contributed by atoms with Crippen molar-refractivity contribution in [3.8, 4) is 0 Å². The second-order valence-electron chi connectivity index (χ2n) is 8.59. The number of primary amides is 1. The molecule has 2 saturated carbocycles. The number of amides is 1. The molecule has 0 saturated heterocycles. The van der Waals surface area contributed by atoms with Crippen molar-refractivity contribution >= 4 is 38.4 Å². The normalized spacial score (nSPS) is 25.8. The number of carbonyl (C=O) groups excluding carboxylic acids is 1. The summed E-state index contributed by atoms with van der Waals surface area (Å²) in [5, 5.41) is 0.586. The zero-order valence-corrected chi connectivity index (χ0v) is 17.8. The quantitative estimate of drug-likeness (QED) is 0.652. The molecule has 9 heteroatoms. The monoisotopic (exact) mass is 445 g/mol. The molecule has 1 amide bonds. The Morgan fingerprint density at radius 2 is 1.90 bits per heavy atom. The summed E-state index contributed by atoms with van der Waals surface area (Å²) in [5.41, 5.74) is 7.82. The van der Waals surface area contributed by atoms with E-state index in [1.165, 1.54) is 12.3 Å². The van der Waals surface area contributed by atoms with Crippen LogP contribution in [0.25, 0.3) is 11.1 Å². The first-order valence-electron chi connectivity index (χ1n) is 9.70. The zero-order chi connectivity index (χ0) is 21.3. The van der Waals surface area contributed by atoms with Gasteiger partial charge in [-0.2, -0.15) is 0 Å². The minimum absolute atomic E-state index is 0.0367. The van der Waals surface area contributed by atoms with Gasteiger partial charge in [-0.15, -0.1) is 0 Å². The van der Waals surface area contributed by atoms with Crippen LogP contribution in [0.5, 0.6) is 0 Å². The van der Waals surface area contributed by atoms with Gasteiger partial charge in [-0.1, -0.05) is 11.6 Å². The van der Waals surface area contributed by atoms with Crippen LogP contribution in [0.4, 0.5) is 0 Å². The van der Waals surface area contributed by atoms with Crippen LogP contribution in [0, 0.1) is 5.41 Å². The molecule has 0 atom stereocenters. The average molecular weight is 446 g/mol. The van der Waals surface area contributed by atoms with Crippen LogP contribution in [-0.4, -0.2) is 30.5 Å². The number of nitrogens with two attached hydrogens (primary N) is 1. The number of halogens is 1. The molecule has 0 radical (unpaired) electrons. The van der Waals surface area contributed by atoms with E-state index in [0.29, 0.717) is 10.6 Å². The van der Waals surface area contributed by atoms with Crippen LogP contribution in [0.1, 0.15) is 59.3 Å². The van der Waals surface area contributed by atoms with Gasteiger partial charge in [-0.25, -0.2) is 18.4 Å². The van der Waals surface area contributed by atoms with Gasteiger partial charge in [0.2, 0.25) is 5.91 Å². The van der Waals surface area contributed by atoms with Crippen molar-refractivity contribution < 1.29 is 17.6 Å². The van der Waals surface area contributed by atoms with E-state index in [4.69, 9.17) is 21.8 Å². The smallest absolute Gasteiger partial charge is 0.249 e. The van der Waals surface area contributed by atoms with E-state index in [1.54, 1.807) is 12.1 Å². The van der Waals surface area contributed by atoms with Gasteiger partial charge >= 0.3 is 0 Å². The number of oxazole rings is 1.